The molecule has 0 N–H and O–H groups in total. The smallest absolute Gasteiger partial charge is 0.0863 e. The summed E-state index contributed by atoms with van der Waals surface area (Å²) in [6.07, 6.45) is 8.51. The van der Waals surface area contributed by atoms with E-state index < -0.39 is 7.05 Å². The van der Waals surface area contributed by atoms with Gasteiger partial charge in [-0.3, -0.25) is 4.74 Å². The molecule has 0 unspecified atom stereocenters. The summed E-state index contributed by atoms with van der Waals surface area (Å²) in [6, 6.07) is 32.4. The Bertz CT molecular complexity index is 826. The third kappa shape index (κ3) is 3.04. The second-order valence-corrected chi connectivity index (χ2v) is 9.07. The van der Waals surface area contributed by atoms with Crippen molar-refractivity contribution in [3.63, 3.8) is 0 Å². The van der Waals surface area contributed by atoms with Crippen molar-refractivity contribution < 1.29 is 0 Å². The molecular weight excluding hydrogens is 321 g/mol. The second kappa shape index (κ2) is 7.09. The number of benzene rings is 3. The predicted octanol–water partition coefficient (Wildman–Crippen LogP) is 4.66. The average molecular weight is 341 g/mol. The second-order valence-electron chi connectivity index (χ2n) is 6.02. The van der Waals surface area contributed by atoms with Gasteiger partial charge >= 0.3 is 0 Å². The molecule has 0 saturated carbocycles. The third-order valence-corrected chi connectivity index (χ3v) is 8.17. The summed E-state index contributed by atoms with van der Waals surface area (Å²) in [7, 11) is -2.08. The molecule has 1 nitrogen and oxygen atoms in total. The summed E-state index contributed by atoms with van der Waals surface area (Å²) >= 11 is 0. The fourth-order valence-corrected chi connectivity index (χ4v) is 6.93. The summed E-state index contributed by atoms with van der Waals surface area (Å²) < 4.78 is 5.46. The summed E-state index contributed by atoms with van der Waals surface area (Å²) in [5.41, 5.74) is 0. The molecule has 0 radical (unpaired) electrons. The van der Waals surface area contributed by atoms with Crippen LogP contribution >= 0.6 is 7.05 Å². The van der Waals surface area contributed by atoms with E-state index in [1.165, 1.54) is 15.9 Å². The maximum Gasteiger partial charge on any atom is 0.0863 e. The largest absolute Gasteiger partial charge is 0.278 e. The monoisotopic (exact) mass is 341 g/mol. The van der Waals surface area contributed by atoms with Crippen molar-refractivity contribution >= 4 is 23.0 Å². The first-order valence-electron chi connectivity index (χ1n) is 8.53. The van der Waals surface area contributed by atoms with Crippen molar-refractivity contribution in [1.29, 1.82) is 0 Å². The number of nitrogens with zero attached hydrogens (tertiary/aromatic N) is 1. The molecule has 25 heavy (non-hydrogen) atoms. The quantitative estimate of drug-likeness (QED) is 0.612. The van der Waals surface area contributed by atoms with Crippen molar-refractivity contribution in [2.45, 2.75) is 6.04 Å². The van der Waals surface area contributed by atoms with Crippen molar-refractivity contribution in [2.75, 3.05) is 0 Å². The molecule has 0 fully saturated rings. The Kier molecular flexibility index (Phi) is 4.50. The van der Waals surface area contributed by atoms with Gasteiger partial charge in [-0.15, -0.1) is 0 Å². The van der Waals surface area contributed by atoms with E-state index in [0.717, 1.165) is 0 Å². The van der Waals surface area contributed by atoms with Crippen molar-refractivity contribution in [2.24, 2.45) is 4.74 Å². The van der Waals surface area contributed by atoms with E-state index in [2.05, 4.69) is 115 Å². The molecule has 1 aliphatic carbocycles. The van der Waals surface area contributed by atoms with Gasteiger partial charge in [0.2, 0.25) is 0 Å². The number of allylic oxidation sites excluding steroid dienone is 2. The van der Waals surface area contributed by atoms with Crippen LogP contribution < -0.4 is 15.9 Å². The molecule has 0 amide bonds. The van der Waals surface area contributed by atoms with Gasteiger partial charge in [0.25, 0.3) is 0 Å². The van der Waals surface area contributed by atoms with Gasteiger partial charge in [-0.25, -0.2) is 0 Å². The van der Waals surface area contributed by atoms with Crippen LogP contribution in [0.4, 0.5) is 0 Å². The highest BCUT2D eigenvalue weighted by molar-refractivity contribution is 7.87. The molecule has 0 bridgehead atoms. The molecule has 0 aliphatic heterocycles. The minimum absolute atomic E-state index is 0.119. The maximum atomic E-state index is 5.46. The van der Waals surface area contributed by atoms with Gasteiger partial charge in [0.15, 0.2) is 0 Å². The van der Waals surface area contributed by atoms with Crippen LogP contribution in [0.3, 0.4) is 0 Å². The Morgan fingerprint density at radius 3 is 1.24 bits per heavy atom. The first kappa shape index (κ1) is 15.9. The molecular formula is C23H20NP. The number of rotatable bonds is 4. The van der Waals surface area contributed by atoms with E-state index in [-0.39, 0.29) is 6.04 Å². The first-order valence-corrected chi connectivity index (χ1v) is 10.3. The summed E-state index contributed by atoms with van der Waals surface area (Å²) in [4.78, 5) is 0. The predicted molar refractivity (Wildman–Crippen MR) is 110 cm³/mol. The van der Waals surface area contributed by atoms with Crippen LogP contribution in [-0.2, 0) is 0 Å². The highest BCUT2D eigenvalue weighted by Gasteiger charge is 2.27. The molecule has 0 aromatic heterocycles. The fraction of sp³-hybridized carbons (Fsp3) is 0.0435. The standard InChI is InChI=1S/C23H20NP/c1-4-14-21(15-5-1)25(22-16-6-2-7-17-22,23-18-8-3-9-19-23)24-20-12-10-11-13-20/h1-20H. The van der Waals surface area contributed by atoms with Gasteiger partial charge in [-0.1, -0.05) is 115 Å². The van der Waals surface area contributed by atoms with Crippen molar-refractivity contribution in [3.8, 4) is 0 Å². The molecule has 0 atom stereocenters. The Labute approximate surface area is 149 Å². The number of hydrogen-bond donors (Lipinski definition) is 0. The minimum Gasteiger partial charge on any atom is -0.278 e. The summed E-state index contributed by atoms with van der Waals surface area (Å²) in [6.45, 7) is 0. The number of hydrogen-bond acceptors (Lipinski definition) is 1. The van der Waals surface area contributed by atoms with Crippen LogP contribution in [0.25, 0.3) is 0 Å². The van der Waals surface area contributed by atoms with Crippen LogP contribution in [-0.4, -0.2) is 6.04 Å². The molecule has 3 aromatic carbocycles. The van der Waals surface area contributed by atoms with Crippen LogP contribution in [0.1, 0.15) is 0 Å². The molecule has 1 aliphatic rings. The van der Waals surface area contributed by atoms with Crippen LogP contribution in [0.2, 0.25) is 0 Å². The maximum absolute atomic E-state index is 5.46. The van der Waals surface area contributed by atoms with Crippen LogP contribution in [0, 0.1) is 0 Å². The Morgan fingerprint density at radius 1 is 0.520 bits per heavy atom. The highest BCUT2D eigenvalue weighted by Crippen LogP contribution is 2.47. The fourth-order valence-electron chi connectivity index (χ4n) is 3.28. The molecule has 2 heteroatoms. The van der Waals surface area contributed by atoms with E-state index >= 15 is 0 Å². The average Bonchev–Trinajstić information content (AvgIpc) is 3.21. The molecule has 3 aromatic rings. The van der Waals surface area contributed by atoms with Gasteiger partial charge in [0.1, 0.15) is 0 Å². The zero-order valence-corrected chi connectivity index (χ0v) is 14.8. The molecule has 4 rings (SSSR count). The van der Waals surface area contributed by atoms with Gasteiger partial charge in [-0.2, -0.15) is 0 Å². The molecule has 0 saturated heterocycles. The van der Waals surface area contributed by atoms with E-state index in [4.69, 9.17) is 4.74 Å². The lowest BCUT2D eigenvalue weighted by atomic mass is 10.4. The molecule has 0 spiro atoms. The van der Waals surface area contributed by atoms with E-state index in [9.17, 15) is 0 Å². The normalized spacial score (nSPS) is 13.9. The van der Waals surface area contributed by atoms with Crippen LogP contribution in [0.15, 0.2) is 120 Å². The lowest BCUT2D eigenvalue weighted by molar-refractivity contribution is 1.07. The Balaban J connectivity index is 2.09. The molecule has 122 valence electrons. The third-order valence-electron chi connectivity index (χ3n) is 4.42. The minimum atomic E-state index is -2.08. The topological polar surface area (TPSA) is 12.4 Å². The lowest BCUT2D eigenvalue weighted by Gasteiger charge is -2.28. The van der Waals surface area contributed by atoms with Crippen LogP contribution in [0.5, 0.6) is 0 Å². The first-order chi connectivity index (χ1) is 12.4. The zero-order chi connectivity index (χ0) is 17.0. The van der Waals surface area contributed by atoms with Crippen molar-refractivity contribution in [1.82, 2.24) is 0 Å². The van der Waals surface area contributed by atoms with E-state index in [1.807, 2.05) is 0 Å². The Hall–Kier alpha value is -2.63. The molecule has 0 heterocycles. The zero-order valence-electron chi connectivity index (χ0n) is 13.9. The van der Waals surface area contributed by atoms with Gasteiger partial charge in [0, 0.05) is 15.9 Å². The van der Waals surface area contributed by atoms with Crippen molar-refractivity contribution in [3.05, 3.63) is 115 Å². The SMILES string of the molecule is C1=CC(N=P(c2ccccc2)(c2ccccc2)c2ccccc2)C=C1. The van der Waals surface area contributed by atoms with E-state index in [1.54, 1.807) is 0 Å². The van der Waals surface area contributed by atoms with E-state index in [0.29, 0.717) is 0 Å². The summed E-state index contributed by atoms with van der Waals surface area (Å²) in [5.74, 6) is 0. The van der Waals surface area contributed by atoms with Gasteiger partial charge in [0.05, 0.1) is 13.1 Å². The van der Waals surface area contributed by atoms with Gasteiger partial charge in [-0.05, 0) is 0 Å². The lowest BCUT2D eigenvalue weighted by Crippen LogP contribution is -2.26. The Morgan fingerprint density at radius 2 is 0.880 bits per heavy atom. The summed E-state index contributed by atoms with van der Waals surface area (Å²) in [5, 5.41) is 3.88. The highest BCUT2D eigenvalue weighted by atomic mass is 31.2. The van der Waals surface area contributed by atoms with Gasteiger partial charge < -0.3 is 0 Å².